The van der Waals surface area contributed by atoms with E-state index >= 15 is 0 Å². The zero-order valence-electron chi connectivity index (χ0n) is 10.6. The normalized spacial score (nSPS) is 28.8. The summed E-state index contributed by atoms with van der Waals surface area (Å²) < 4.78 is 0. The van der Waals surface area contributed by atoms with Crippen molar-refractivity contribution in [3.8, 4) is 0 Å². The first-order chi connectivity index (χ1) is 7.56. The van der Waals surface area contributed by atoms with Gasteiger partial charge in [-0.15, -0.1) is 0 Å². The van der Waals surface area contributed by atoms with Crippen LogP contribution < -0.4 is 5.32 Å². The Kier molecular flexibility index (Phi) is 5.22. The third-order valence-corrected chi connectivity index (χ3v) is 3.43. The molecule has 0 aromatic carbocycles. The van der Waals surface area contributed by atoms with Gasteiger partial charge in [0.05, 0.1) is 12.1 Å². The van der Waals surface area contributed by atoms with E-state index in [1.165, 1.54) is 0 Å². The average molecular weight is 228 g/mol. The lowest BCUT2D eigenvalue weighted by Crippen LogP contribution is -2.52. The predicted molar refractivity (Wildman–Crippen MR) is 64.1 cm³/mol. The Bertz CT molecular complexity index is 233. The van der Waals surface area contributed by atoms with Gasteiger partial charge in [-0.25, -0.2) is 0 Å². The highest BCUT2D eigenvalue weighted by Crippen LogP contribution is 2.18. The van der Waals surface area contributed by atoms with Crippen molar-refractivity contribution in [2.45, 2.75) is 45.8 Å². The fraction of sp³-hybridized carbons (Fsp3) is 0.917. The molecular weight excluding hydrogens is 204 g/mol. The van der Waals surface area contributed by atoms with Gasteiger partial charge in [-0.2, -0.15) is 0 Å². The first-order valence-electron chi connectivity index (χ1n) is 6.26. The molecule has 2 N–H and O–H groups in total. The summed E-state index contributed by atoms with van der Waals surface area (Å²) in [5.41, 5.74) is 0. The number of nitrogens with one attached hydrogen (secondary N) is 1. The van der Waals surface area contributed by atoms with Crippen molar-refractivity contribution in [1.29, 1.82) is 0 Å². The van der Waals surface area contributed by atoms with Crippen LogP contribution in [0.4, 0.5) is 0 Å². The summed E-state index contributed by atoms with van der Waals surface area (Å²) in [7, 11) is 0. The SMILES string of the molecule is CCCNC(=O)C(C)N1CCC(C)C(O)C1. The van der Waals surface area contributed by atoms with Crippen LogP contribution in [0.15, 0.2) is 0 Å². The highest BCUT2D eigenvalue weighted by atomic mass is 16.3. The van der Waals surface area contributed by atoms with Gasteiger partial charge in [0.25, 0.3) is 0 Å². The number of likely N-dealkylation sites (tertiary alicyclic amines) is 1. The van der Waals surface area contributed by atoms with Gasteiger partial charge in [-0.05, 0) is 32.2 Å². The van der Waals surface area contributed by atoms with Gasteiger partial charge < -0.3 is 10.4 Å². The Morgan fingerprint density at radius 3 is 2.88 bits per heavy atom. The van der Waals surface area contributed by atoms with Gasteiger partial charge in [0, 0.05) is 13.1 Å². The Hall–Kier alpha value is -0.610. The first kappa shape index (κ1) is 13.5. The molecule has 1 amide bonds. The minimum absolute atomic E-state index is 0.0728. The second kappa shape index (κ2) is 6.21. The molecule has 1 heterocycles. The van der Waals surface area contributed by atoms with Crippen LogP contribution in [0.3, 0.4) is 0 Å². The first-order valence-corrected chi connectivity index (χ1v) is 6.26. The van der Waals surface area contributed by atoms with Crippen molar-refractivity contribution >= 4 is 5.91 Å². The summed E-state index contributed by atoms with van der Waals surface area (Å²) in [6, 6.07) is -0.131. The van der Waals surface area contributed by atoms with Crippen molar-refractivity contribution in [2.24, 2.45) is 5.92 Å². The number of rotatable bonds is 4. The van der Waals surface area contributed by atoms with Crippen molar-refractivity contribution in [1.82, 2.24) is 10.2 Å². The van der Waals surface area contributed by atoms with Crippen molar-refractivity contribution in [3.05, 3.63) is 0 Å². The molecular formula is C12H24N2O2. The molecule has 0 aromatic heterocycles. The van der Waals surface area contributed by atoms with E-state index in [-0.39, 0.29) is 18.1 Å². The van der Waals surface area contributed by atoms with Gasteiger partial charge in [0.1, 0.15) is 0 Å². The molecule has 0 aromatic rings. The highest BCUT2D eigenvalue weighted by Gasteiger charge is 2.29. The monoisotopic (exact) mass is 228 g/mol. The van der Waals surface area contributed by atoms with Crippen LogP contribution in [0.2, 0.25) is 0 Å². The lowest BCUT2D eigenvalue weighted by Gasteiger charge is -2.37. The number of β-amino-alcohol motifs (C(OH)–C–C–N with tert-alkyl or cyclic N) is 1. The van der Waals surface area contributed by atoms with Crippen molar-refractivity contribution in [2.75, 3.05) is 19.6 Å². The average Bonchev–Trinajstić information content (AvgIpc) is 2.28. The summed E-state index contributed by atoms with van der Waals surface area (Å²) in [5.74, 6) is 0.422. The molecule has 4 nitrogen and oxygen atoms in total. The number of piperidine rings is 1. The fourth-order valence-corrected chi connectivity index (χ4v) is 1.99. The van der Waals surface area contributed by atoms with Crippen LogP contribution in [-0.2, 0) is 4.79 Å². The Labute approximate surface area is 98.0 Å². The summed E-state index contributed by atoms with van der Waals surface area (Å²) >= 11 is 0. The molecule has 1 fully saturated rings. The predicted octanol–water partition coefficient (Wildman–Crippen LogP) is 0.604. The van der Waals surface area contributed by atoms with Crippen LogP contribution >= 0.6 is 0 Å². The van der Waals surface area contributed by atoms with E-state index in [9.17, 15) is 9.90 Å². The molecule has 94 valence electrons. The van der Waals surface area contributed by atoms with Crippen LogP contribution in [0, 0.1) is 5.92 Å². The largest absolute Gasteiger partial charge is 0.392 e. The molecule has 1 saturated heterocycles. The van der Waals surface area contributed by atoms with Gasteiger partial charge in [0.15, 0.2) is 0 Å². The van der Waals surface area contributed by atoms with Gasteiger partial charge in [-0.1, -0.05) is 13.8 Å². The maximum Gasteiger partial charge on any atom is 0.237 e. The summed E-state index contributed by atoms with van der Waals surface area (Å²) in [6.45, 7) is 8.26. The minimum atomic E-state index is -0.296. The highest BCUT2D eigenvalue weighted by molar-refractivity contribution is 5.81. The van der Waals surface area contributed by atoms with Crippen LogP contribution in [-0.4, -0.2) is 47.7 Å². The van der Waals surface area contributed by atoms with E-state index in [4.69, 9.17) is 0 Å². The minimum Gasteiger partial charge on any atom is -0.392 e. The maximum absolute atomic E-state index is 11.8. The summed E-state index contributed by atoms with van der Waals surface area (Å²) in [6.07, 6.45) is 1.63. The maximum atomic E-state index is 11.8. The second-order valence-corrected chi connectivity index (χ2v) is 4.80. The third-order valence-electron chi connectivity index (χ3n) is 3.43. The Morgan fingerprint density at radius 2 is 2.31 bits per heavy atom. The Balaban J connectivity index is 2.41. The number of hydrogen-bond acceptors (Lipinski definition) is 3. The molecule has 4 heteroatoms. The lowest BCUT2D eigenvalue weighted by molar-refractivity contribution is -0.127. The Morgan fingerprint density at radius 1 is 1.62 bits per heavy atom. The molecule has 0 spiro atoms. The molecule has 3 unspecified atom stereocenters. The lowest BCUT2D eigenvalue weighted by atomic mass is 9.95. The molecule has 16 heavy (non-hydrogen) atoms. The molecule has 1 rings (SSSR count). The topological polar surface area (TPSA) is 52.6 Å². The molecule has 0 saturated carbocycles. The molecule has 1 aliphatic heterocycles. The number of carbonyl (C=O) groups excluding carboxylic acids is 1. The number of aliphatic hydroxyl groups excluding tert-OH is 1. The number of nitrogens with zero attached hydrogens (tertiary/aromatic N) is 1. The quantitative estimate of drug-likeness (QED) is 0.741. The van der Waals surface area contributed by atoms with E-state index in [2.05, 4.69) is 17.1 Å². The molecule has 1 aliphatic rings. The van der Waals surface area contributed by atoms with Gasteiger partial charge in [-0.3, -0.25) is 9.69 Å². The van der Waals surface area contributed by atoms with Crippen LogP contribution in [0.1, 0.15) is 33.6 Å². The number of carbonyl (C=O) groups is 1. The molecule has 0 aliphatic carbocycles. The van der Waals surface area contributed by atoms with Crippen molar-refractivity contribution in [3.63, 3.8) is 0 Å². The van der Waals surface area contributed by atoms with Crippen molar-refractivity contribution < 1.29 is 9.90 Å². The van der Waals surface area contributed by atoms with E-state index in [0.29, 0.717) is 12.5 Å². The van der Waals surface area contributed by atoms with E-state index in [1.54, 1.807) is 0 Å². The fourth-order valence-electron chi connectivity index (χ4n) is 1.99. The molecule has 0 radical (unpaired) electrons. The number of aliphatic hydroxyl groups is 1. The molecule has 0 bridgehead atoms. The second-order valence-electron chi connectivity index (χ2n) is 4.80. The summed E-state index contributed by atoms with van der Waals surface area (Å²) in [5, 5.41) is 12.7. The van der Waals surface area contributed by atoms with Gasteiger partial charge in [0.2, 0.25) is 5.91 Å². The van der Waals surface area contributed by atoms with E-state index in [1.807, 2.05) is 13.8 Å². The van der Waals surface area contributed by atoms with Gasteiger partial charge >= 0.3 is 0 Å². The zero-order chi connectivity index (χ0) is 12.1. The van der Waals surface area contributed by atoms with E-state index in [0.717, 1.165) is 25.9 Å². The molecule has 3 atom stereocenters. The number of hydrogen-bond donors (Lipinski definition) is 2. The standard InChI is InChI=1S/C12H24N2O2/c1-4-6-13-12(16)10(3)14-7-5-9(2)11(15)8-14/h9-11,15H,4-8H2,1-3H3,(H,13,16). The van der Waals surface area contributed by atoms with E-state index < -0.39 is 0 Å². The third kappa shape index (κ3) is 3.46. The summed E-state index contributed by atoms with van der Waals surface area (Å²) in [4.78, 5) is 13.8. The number of amides is 1. The van der Waals surface area contributed by atoms with Crippen LogP contribution in [0.25, 0.3) is 0 Å². The van der Waals surface area contributed by atoms with Crippen LogP contribution in [0.5, 0.6) is 0 Å². The smallest absolute Gasteiger partial charge is 0.237 e. The zero-order valence-corrected chi connectivity index (χ0v) is 10.6.